The van der Waals surface area contributed by atoms with Crippen LogP contribution in [0.25, 0.3) is 0 Å². The molecule has 36 heavy (non-hydrogen) atoms. The maximum atomic E-state index is 10.6. The summed E-state index contributed by atoms with van der Waals surface area (Å²) in [4.78, 5) is 14.1. The van der Waals surface area contributed by atoms with E-state index >= 15 is 0 Å². The maximum absolute atomic E-state index is 10.6. The smallest absolute Gasteiger partial charge is 0.475 e. The summed E-state index contributed by atoms with van der Waals surface area (Å²) >= 11 is 0. The summed E-state index contributed by atoms with van der Waals surface area (Å²) in [5.74, 6) is -1.66. The Morgan fingerprint density at radius 3 is 1.81 bits per heavy atom. The molecule has 0 fully saturated rings. The van der Waals surface area contributed by atoms with Gasteiger partial charge in [0, 0.05) is 6.42 Å². The number of carbonyl (C=O) groups is 1. The highest BCUT2D eigenvalue weighted by Crippen LogP contribution is 2.38. The Labute approximate surface area is 209 Å². The number of amidine groups is 1. The number of aliphatic carboxylic acids is 1. The summed E-state index contributed by atoms with van der Waals surface area (Å²) in [5.41, 5.74) is 6.48. The first-order valence-electron chi connectivity index (χ1n) is 11.7. The fraction of sp³-hybridized carbons (Fsp3) is 0.310. The van der Waals surface area contributed by atoms with Crippen LogP contribution in [0.3, 0.4) is 0 Å². The second-order valence-corrected chi connectivity index (χ2v) is 9.69. The third kappa shape index (κ3) is 6.97. The molecule has 3 aromatic carbocycles. The van der Waals surface area contributed by atoms with Crippen LogP contribution in [0.1, 0.15) is 60.2 Å². The molecule has 0 amide bonds. The highest BCUT2D eigenvalue weighted by atomic mass is 19.4. The molecule has 0 bridgehead atoms. The van der Waals surface area contributed by atoms with E-state index in [0.717, 1.165) is 12.3 Å². The van der Waals surface area contributed by atoms with Gasteiger partial charge in [-0.25, -0.2) is 4.79 Å². The van der Waals surface area contributed by atoms with Crippen molar-refractivity contribution in [2.24, 2.45) is 4.99 Å². The van der Waals surface area contributed by atoms with Crippen LogP contribution in [-0.2, 0) is 10.2 Å². The molecule has 2 atom stereocenters. The van der Waals surface area contributed by atoms with Gasteiger partial charge in [0.15, 0.2) is 0 Å². The van der Waals surface area contributed by atoms with Crippen LogP contribution >= 0.6 is 0 Å². The van der Waals surface area contributed by atoms with E-state index in [1.54, 1.807) is 0 Å². The number of nitrogens with zero attached hydrogens (tertiary/aromatic N) is 1. The quantitative estimate of drug-likeness (QED) is 0.396. The number of carboxylic acid groups (broad SMARTS) is 1. The predicted octanol–water partition coefficient (Wildman–Crippen LogP) is 7.09. The van der Waals surface area contributed by atoms with Crippen molar-refractivity contribution in [2.45, 2.75) is 57.8 Å². The molecule has 1 heterocycles. The third-order valence-electron chi connectivity index (χ3n) is 6.20. The molecule has 0 spiro atoms. The van der Waals surface area contributed by atoms with Gasteiger partial charge in [0.1, 0.15) is 6.04 Å². The number of nitrogens with one attached hydrogen (secondary N) is 1. The molecule has 3 aromatic rings. The Kier molecular flexibility index (Phi) is 8.23. The Hall–Kier alpha value is -3.61. The SMILES string of the molecule is Cc1ccc([C@H]2N=C(CC(C)(C)c3ccccc3)N[C@H]2c2ccc(C)cc2)cc1.O=C(O)C(F)(F)F. The van der Waals surface area contributed by atoms with Crippen molar-refractivity contribution in [2.75, 3.05) is 0 Å². The van der Waals surface area contributed by atoms with E-state index in [2.05, 4.69) is 112 Å². The van der Waals surface area contributed by atoms with Gasteiger partial charge < -0.3 is 10.4 Å². The monoisotopic (exact) mass is 496 g/mol. The number of rotatable bonds is 5. The molecule has 2 N–H and O–H groups in total. The number of halogens is 3. The lowest BCUT2D eigenvalue weighted by molar-refractivity contribution is -0.192. The van der Waals surface area contributed by atoms with Gasteiger partial charge in [-0.3, -0.25) is 4.99 Å². The minimum Gasteiger partial charge on any atom is -0.475 e. The van der Waals surface area contributed by atoms with Crippen LogP contribution in [-0.4, -0.2) is 23.1 Å². The van der Waals surface area contributed by atoms with Gasteiger partial charge in [0.25, 0.3) is 0 Å². The minimum atomic E-state index is -5.08. The van der Waals surface area contributed by atoms with Gasteiger partial charge in [-0.1, -0.05) is 104 Å². The number of benzene rings is 3. The number of carboxylic acids is 1. The average Bonchev–Trinajstić information content (AvgIpc) is 3.23. The fourth-order valence-corrected chi connectivity index (χ4v) is 4.11. The Morgan fingerprint density at radius 2 is 1.33 bits per heavy atom. The van der Waals surface area contributed by atoms with Crippen LogP contribution in [0.5, 0.6) is 0 Å². The second-order valence-electron chi connectivity index (χ2n) is 9.69. The largest absolute Gasteiger partial charge is 0.490 e. The van der Waals surface area contributed by atoms with Gasteiger partial charge in [0.05, 0.1) is 11.9 Å². The van der Waals surface area contributed by atoms with E-state index in [4.69, 9.17) is 14.9 Å². The van der Waals surface area contributed by atoms with Crippen molar-refractivity contribution in [3.05, 3.63) is 107 Å². The number of alkyl halides is 3. The van der Waals surface area contributed by atoms with Crippen LogP contribution in [0.2, 0.25) is 0 Å². The molecule has 0 radical (unpaired) electrons. The molecular formula is C29H31F3N2O2. The predicted molar refractivity (Wildman–Crippen MR) is 136 cm³/mol. The van der Waals surface area contributed by atoms with E-state index in [-0.39, 0.29) is 17.5 Å². The molecule has 4 nitrogen and oxygen atoms in total. The molecular weight excluding hydrogens is 465 g/mol. The molecule has 0 aliphatic carbocycles. The van der Waals surface area contributed by atoms with Crippen molar-refractivity contribution in [3.63, 3.8) is 0 Å². The van der Waals surface area contributed by atoms with Crippen LogP contribution in [0.15, 0.2) is 83.9 Å². The van der Waals surface area contributed by atoms with Crippen molar-refractivity contribution in [1.82, 2.24) is 5.32 Å². The van der Waals surface area contributed by atoms with E-state index in [0.29, 0.717) is 0 Å². The summed E-state index contributed by atoms with van der Waals surface area (Å²) in [6.45, 7) is 8.86. The molecule has 190 valence electrons. The first-order chi connectivity index (χ1) is 16.9. The van der Waals surface area contributed by atoms with Gasteiger partial charge in [-0.15, -0.1) is 0 Å². The molecule has 0 aromatic heterocycles. The summed E-state index contributed by atoms with van der Waals surface area (Å²) in [6.07, 6.45) is -4.19. The highest BCUT2D eigenvalue weighted by Gasteiger charge is 2.38. The van der Waals surface area contributed by atoms with Crippen molar-refractivity contribution >= 4 is 11.8 Å². The van der Waals surface area contributed by atoms with Crippen LogP contribution < -0.4 is 5.32 Å². The van der Waals surface area contributed by atoms with Crippen LogP contribution in [0.4, 0.5) is 13.2 Å². The summed E-state index contributed by atoms with van der Waals surface area (Å²) in [6, 6.07) is 28.6. The summed E-state index contributed by atoms with van der Waals surface area (Å²) < 4.78 is 31.7. The zero-order valence-corrected chi connectivity index (χ0v) is 20.8. The first kappa shape index (κ1) is 27.0. The molecule has 7 heteroatoms. The summed E-state index contributed by atoms with van der Waals surface area (Å²) in [7, 11) is 0. The van der Waals surface area contributed by atoms with Gasteiger partial charge in [0.2, 0.25) is 0 Å². The summed E-state index contributed by atoms with van der Waals surface area (Å²) in [5, 5.41) is 10.9. The molecule has 0 saturated heterocycles. The molecule has 0 unspecified atom stereocenters. The lowest BCUT2D eigenvalue weighted by atomic mass is 9.81. The number of aryl methyl sites for hydroxylation is 2. The standard InChI is InChI=1S/C27H30N2.C2HF3O2/c1-19-10-14-21(15-11-19)25-26(22-16-12-20(2)13-17-22)29-24(28-25)18-27(3,4)23-8-6-5-7-9-23;3-2(4,5)1(6)7/h5-17,25-26H,18H2,1-4H3,(H,28,29);(H,6,7)/t25-,26+;. The van der Waals surface area contributed by atoms with E-state index in [1.807, 2.05) is 0 Å². The van der Waals surface area contributed by atoms with Crippen molar-refractivity contribution in [1.29, 1.82) is 0 Å². The van der Waals surface area contributed by atoms with E-state index < -0.39 is 12.1 Å². The maximum Gasteiger partial charge on any atom is 0.490 e. The first-order valence-corrected chi connectivity index (χ1v) is 11.7. The average molecular weight is 497 g/mol. The lowest BCUT2D eigenvalue weighted by Crippen LogP contribution is -2.30. The molecule has 4 rings (SSSR count). The fourth-order valence-electron chi connectivity index (χ4n) is 4.11. The minimum absolute atomic E-state index is 0.0209. The van der Waals surface area contributed by atoms with Gasteiger partial charge in [-0.05, 0) is 36.0 Å². The Morgan fingerprint density at radius 1 is 0.861 bits per heavy atom. The van der Waals surface area contributed by atoms with Crippen molar-refractivity contribution < 1.29 is 23.1 Å². The molecule has 1 aliphatic rings. The van der Waals surface area contributed by atoms with Crippen molar-refractivity contribution in [3.8, 4) is 0 Å². The normalized spacial score (nSPS) is 17.5. The molecule has 1 aliphatic heterocycles. The lowest BCUT2D eigenvalue weighted by Gasteiger charge is -2.26. The third-order valence-corrected chi connectivity index (χ3v) is 6.20. The topological polar surface area (TPSA) is 61.7 Å². The van der Waals surface area contributed by atoms with E-state index in [1.165, 1.54) is 27.8 Å². The number of hydrogen-bond donors (Lipinski definition) is 2. The second kappa shape index (κ2) is 11.0. The zero-order chi connectivity index (χ0) is 26.5. The van der Waals surface area contributed by atoms with Crippen LogP contribution in [0, 0.1) is 13.8 Å². The molecule has 0 saturated carbocycles. The Balaban J connectivity index is 0.000000454. The van der Waals surface area contributed by atoms with Gasteiger partial charge >= 0.3 is 12.1 Å². The Bertz CT molecular complexity index is 1190. The highest BCUT2D eigenvalue weighted by molar-refractivity contribution is 5.86. The number of aliphatic imine (C=N–C) groups is 1. The van der Waals surface area contributed by atoms with E-state index in [9.17, 15) is 13.2 Å². The number of hydrogen-bond acceptors (Lipinski definition) is 3. The zero-order valence-electron chi connectivity index (χ0n) is 20.8. The van der Waals surface area contributed by atoms with Gasteiger partial charge in [-0.2, -0.15) is 13.2 Å².